The molecule has 0 aliphatic heterocycles. The number of halogens is 1. The van der Waals surface area contributed by atoms with Gasteiger partial charge in [0.15, 0.2) is 5.13 Å². The van der Waals surface area contributed by atoms with Gasteiger partial charge in [0.1, 0.15) is 5.82 Å². The molecule has 0 saturated carbocycles. The second kappa shape index (κ2) is 4.38. The van der Waals surface area contributed by atoms with Gasteiger partial charge < -0.3 is 5.32 Å². The molecule has 0 fully saturated rings. The van der Waals surface area contributed by atoms with Gasteiger partial charge in [-0.2, -0.15) is 5.10 Å². The summed E-state index contributed by atoms with van der Waals surface area (Å²) in [6.45, 7) is 0.663. The van der Waals surface area contributed by atoms with Crippen molar-refractivity contribution in [1.82, 2.24) is 14.8 Å². The van der Waals surface area contributed by atoms with Crippen molar-refractivity contribution in [2.45, 2.75) is 6.54 Å². The molecule has 2 heterocycles. The highest BCUT2D eigenvalue weighted by atomic mass is 32.1. The molecule has 0 unspecified atom stereocenters. The Morgan fingerprint density at radius 3 is 3.11 bits per heavy atom. The summed E-state index contributed by atoms with van der Waals surface area (Å²) in [7, 11) is 1.88. The first-order chi connectivity index (χ1) is 8.70. The van der Waals surface area contributed by atoms with E-state index in [1.807, 2.05) is 13.2 Å². The Morgan fingerprint density at radius 1 is 1.44 bits per heavy atom. The van der Waals surface area contributed by atoms with E-state index in [-0.39, 0.29) is 5.82 Å². The van der Waals surface area contributed by atoms with Gasteiger partial charge >= 0.3 is 0 Å². The third-order valence-corrected chi connectivity index (χ3v) is 3.53. The zero-order valence-electron chi connectivity index (χ0n) is 9.72. The molecule has 0 radical (unpaired) electrons. The minimum absolute atomic E-state index is 0.232. The first kappa shape index (κ1) is 11.2. The number of hydrogen-bond donors (Lipinski definition) is 1. The van der Waals surface area contributed by atoms with E-state index in [0.717, 1.165) is 20.9 Å². The van der Waals surface area contributed by atoms with Crippen LogP contribution in [0.2, 0.25) is 0 Å². The molecule has 0 spiro atoms. The van der Waals surface area contributed by atoms with Crippen LogP contribution in [-0.2, 0) is 13.6 Å². The van der Waals surface area contributed by atoms with Gasteiger partial charge in [0, 0.05) is 25.4 Å². The Balaban J connectivity index is 1.78. The second-order valence-corrected chi connectivity index (χ2v) is 5.04. The summed E-state index contributed by atoms with van der Waals surface area (Å²) >= 11 is 1.45. The lowest BCUT2D eigenvalue weighted by atomic mass is 10.3. The predicted molar refractivity (Wildman–Crippen MR) is 70.1 cm³/mol. The Morgan fingerprint density at radius 2 is 2.33 bits per heavy atom. The molecule has 92 valence electrons. The van der Waals surface area contributed by atoms with Crippen LogP contribution in [0.15, 0.2) is 30.6 Å². The molecular weight excluding hydrogens is 251 g/mol. The van der Waals surface area contributed by atoms with Crippen molar-refractivity contribution in [2.24, 2.45) is 7.05 Å². The fourth-order valence-corrected chi connectivity index (χ4v) is 2.60. The van der Waals surface area contributed by atoms with Crippen molar-refractivity contribution >= 4 is 26.7 Å². The van der Waals surface area contributed by atoms with Crippen molar-refractivity contribution in [3.8, 4) is 0 Å². The van der Waals surface area contributed by atoms with E-state index in [1.54, 1.807) is 16.9 Å². The number of rotatable bonds is 3. The molecule has 0 aliphatic carbocycles. The topological polar surface area (TPSA) is 42.7 Å². The third-order valence-electron chi connectivity index (χ3n) is 2.55. The third kappa shape index (κ3) is 2.19. The van der Waals surface area contributed by atoms with E-state index >= 15 is 0 Å². The lowest BCUT2D eigenvalue weighted by Crippen LogP contribution is -1.97. The second-order valence-electron chi connectivity index (χ2n) is 4.01. The van der Waals surface area contributed by atoms with Crippen LogP contribution < -0.4 is 5.32 Å². The molecule has 0 amide bonds. The monoisotopic (exact) mass is 262 g/mol. The highest BCUT2D eigenvalue weighted by molar-refractivity contribution is 7.22. The molecule has 4 nitrogen and oxygen atoms in total. The van der Waals surface area contributed by atoms with Gasteiger partial charge in [-0.15, -0.1) is 0 Å². The van der Waals surface area contributed by atoms with Crippen LogP contribution in [0.1, 0.15) is 5.56 Å². The number of fused-ring (bicyclic) bond motifs is 1. The van der Waals surface area contributed by atoms with Crippen LogP contribution in [0.3, 0.4) is 0 Å². The van der Waals surface area contributed by atoms with Crippen LogP contribution in [0, 0.1) is 5.82 Å². The number of benzene rings is 1. The Hall–Kier alpha value is -1.95. The number of aromatic nitrogens is 3. The highest BCUT2D eigenvalue weighted by Gasteiger charge is 2.05. The lowest BCUT2D eigenvalue weighted by Gasteiger charge is -1.97. The van der Waals surface area contributed by atoms with Crippen molar-refractivity contribution in [2.75, 3.05) is 5.32 Å². The zero-order chi connectivity index (χ0) is 12.5. The zero-order valence-corrected chi connectivity index (χ0v) is 10.5. The van der Waals surface area contributed by atoms with Gasteiger partial charge in [-0.05, 0) is 18.2 Å². The normalized spacial score (nSPS) is 11.0. The van der Waals surface area contributed by atoms with Gasteiger partial charge in [-0.25, -0.2) is 9.37 Å². The van der Waals surface area contributed by atoms with E-state index < -0.39 is 0 Å². The smallest absolute Gasteiger partial charge is 0.184 e. The van der Waals surface area contributed by atoms with Crippen molar-refractivity contribution in [1.29, 1.82) is 0 Å². The average molecular weight is 262 g/mol. The van der Waals surface area contributed by atoms with Gasteiger partial charge in [-0.3, -0.25) is 4.68 Å². The average Bonchev–Trinajstić information content (AvgIpc) is 2.92. The molecule has 1 aromatic carbocycles. The van der Waals surface area contributed by atoms with Crippen molar-refractivity contribution < 1.29 is 4.39 Å². The van der Waals surface area contributed by atoms with Crippen molar-refractivity contribution in [3.63, 3.8) is 0 Å². The van der Waals surface area contributed by atoms with E-state index in [0.29, 0.717) is 6.54 Å². The highest BCUT2D eigenvalue weighted by Crippen LogP contribution is 2.26. The van der Waals surface area contributed by atoms with Gasteiger partial charge in [0.05, 0.1) is 16.4 Å². The standard InChI is InChI=1S/C12H11FN4S/c1-17-7-8(6-15-17)5-14-12-16-10-3-2-9(13)4-11(10)18-12/h2-4,6-7H,5H2,1H3,(H,14,16). The summed E-state index contributed by atoms with van der Waals surface area (Å²) in [6.07, 6.45) is 3.75. The molecule has 0 bridgehead atoms. The van der Waals surface area contributed by atoms with Crippen LogP contribution in [0.5, 0.6) is 0 Å². The molecule has 0 atom stereocenters. The lowest BCUT2D eigenvalue weighted by molar-refractivity contribution is 0.630. The summed E-state index contributed by atoms with van der Waals surface area (Å²) in [5.74, 6) is -0.232. The molecule has 18 heavy (non-hydrogen) atoms. The van der Waals surface area contributed by atoms with Gasteiger partial charge in [0.25, 0.3) is 0 Å². The summed E-state index contributed by atoms with van der Waals surface area (Å²) in [5, 5.41) is 8.10. The largest absolute Gasteiger partial charge is 0.357 e. The van der Waals surface area contributed by atoms with Gasteiger partial charge in [-0.1, -0.05) is 11.3 Å². The SMILES string of the molecule is Cn1cc(CNc2nc3ccc(F)cc3s2)cn1. The number of anilines is 1. The first-order valence-electron chi connectivity index (χ1n) is 5.48. The van der Waals surface area contributed by atoms with Gasteiger partial charge in [0.2, 0.25) is 0 Å². The molecule has 0 aliphatic rings. The minimum atomic E-state index is -0.232. The minimum Gasteiger partial charge on any atom is -0.357 e. The molecule has 6 heteroatoms. The van der Waals surface area contributed by atoms with E-state index in [4.69, 9.17) is 0 Å². The van der Waals surface area contributed by atoms with Crippen LogP contribution in [-0.4, -0.2) is 14.8 Å². The Labute approximate surface area is 107 Å². The fourth-order valence-electron chi connectivity index (χ4n) is 1.71. The van der Waals surface area contributed by atoms with E-state index in [2.05, 4.69) is 15.4 Å². The summed E-state index contributed by atoms with van der Waals surface area (Å²) < 4.78 is 15.7. The summed E-state index contributed by atoms with van der Waals surface area (Å²) in [4.78, 5) is 4.39. The number of aryl methyl sites for hydroxylation is 1. The molecule has 0 saturated heterocycles. The van der Waals surface area contributed by atoms with E-state index in [9.17, 15) is 4.39 Å². The maximum atomic E-state index is 13.0. The van der Waals surface area contributed by atoms with Crippen molar-refractivity contribution in [3.05, 3.63) is 42.0 Å². The fraction of sp³-hybridized carbons (Fsp3) is 0.167. The molecule has 3 aromatic rings. The first-order valence-corrected chi connectivity index (χ1v) is 6.30. The number of nitrogens with zero attached hydrogens (tertiary/aromatic N) is 3. The number of nitrogens with one attached hydrogen (secondary N) is 1. The maximum Gasteiger partial charge on any atom is 0.184 e. The number of hydrogen-bond acceptors (Lipinski definition) is 4. The predicted octanol–water partition coefficient (Wildman–Crippen LogP) is 2.78. The Bertz CT molecular complexity index is 688. The number of thiazole rings is 1. The molecule has 3 rings (SSSR count). The quantitative estimate of drug-likeness (QED) is 0.789. The Kier molecular flexibility index (Phi) is 2.71. The molecule has 1 N–H and O–H groups in total. The maximum absolute atomic E-state index is 13.0. The molecule has 2 aromatic heterocycles. The molecular formula is C12H11FN4S. The summed E-state index contributed by atoms with van der Waals surface area (Å²) in [5.41, 5.74) is 1.90. The van der Waals surface area contributed by atoms with Crippen LogP contribution >= 0.6 is 11.3 Å². The summed E-state index contributed by atoms with van der Waals surface area (Å²) in [6, 6.07) is 4.62. The van der Waals surface area contributed by atoms with E-state index in [1.165, 1.54) is 23.5 Å². The van der Waals surface area contributed by atoms with Crippen LogP contribution in [0.25, 0.3) is 10.2 Å². The van der Waals surface area contributed by atoms with Crippen LogP contribution in [0.4, 0.5) is 9.52 Å².